The highest BCUT2D eigenvalue weighted by Gasteiger charge is 2.25. The molecule has 1 aliphatic carbocycles. The van der Waals surface area contributed by atoms with Crippen LogP contribution in [0.15, 0.2) is 47.4 Å². The molecule has 0 aromatic heterocycles. The number of carbonyl (C=O) groups excluding carboxylic acids is 1. The number of anilines is 1. The average molecular weight is 405 g/mol. The van der Waals surface area contributed by atoms with Crippen molar-refractivity contribution in [1.29, 1.82) is 0 Å². The van der Waals surface area contributed by atoms with Gasteiger partial charge in [-0.2, -0.15) is 0 Å². The van der Waals surface area contributed by atoms with Gasteiger partial charge in [0, 0.05) is 17.3 Å². The van der Waals surface area contributed by atoms with Gasteiger partial charge in [0.25, 0.3) is 5.91 Å². The summed E-state index contributed by atoms with van der Waals surface area (Å²) in [7, 11) is -4.05. The van der Waals surface area contributed by atoms with Gasteiger partial charge in [0.05, 0.1) is 0 Å². The number of carbonyl (C=O) groups is 1. The van der Waals surface area contributed by atoms with E-state index in [0.717, 1.165) is 56.2 Å². The Morgan fingerprint density at radius 1 is 1.04 bits per heavy atom. The van der Waals surface area contributed by atoms with Crippen molar-refractivity contribution in [1.82, 2.24) is 4.72 Å². The van der Waals surface area contributed by atoms with Crippen LogP contribution in [-0.4, -0.2) is 20.4 Å². The largest absolute Gasteiger partial charge is 0.322 e. The molecule has 0 spiro atoms. The van der Waals surface area contributed by atoms with E-state index < -0.39 is 26.6 Å². The molecule has 0 saturated heterocycles. The molecule has 0 radical (unpaired) electrons. The number of halogens is 1. The number of amides is 1. The number of para-hydroxylation sites is 1. The fourth-order valence-corrected chi connectivity index (χ4v) is 4.85. The van der Waals surface area contributed by atoms with Gasteiger partial charge in [-0.1, -0.05) is 43.9 Å². The van der Waals surface area contributed by atoms with Crippen molar-refractivity contribution in [2.75, 3.05) is 5.32 Å². The summed E-state index contributed by atoms with van der Waals surface area (Å²) in [6.45, 7) is 1.85. The zero-order valence-electron chi connectivity index (χ0n) is 15.9. The summed E-state index contributed by atoms with van der Waals surface area (Å²) in [6.07, 6.45) is 5.56. The lowest BCUT2D eigenvalue weighted by atomic mass is 10.1. The van der Waals surface area contributed by atoms with E-state index in [0.29, 0.717) is 5.69 Å². The van der Waals surface area contributed by atoms with Gasteiger partial charge >= 0.3 is 0 Å². The molecular weight excluding hydrogens is 379 g/mol. The highest BCUT2D eigenvalue weighted by molar-refractivity contribution is 7.89. The minimum absolute atomic E-state index is 0.0888. The van der Waals surface area contributed by atoms with Gasteiger partial charge in [0.1, 0.15) is 10.7 Å². The van der Waals surface area contributed by atoms with Crippen LogP contribution in [0.2, 0.25) is 0 Å². The smallest absolute Gasteiger partial charge is 0.255 e. The third kappa shape index (κ3) is 4.97. The van der Waals surface area contributed by atoms with Gasteiger partial charge in [-0.3, -0.25) is 4.79 Å². The van der Waals surface area contributed by atoms with E-state index in [1.54, 1.807) is 12.1 Å². The zero-order valence-corrected chi connectivity index (χ0v) is 16.7. The maximum atomic E-state index is 14.3. The normalized spacial score (nSPS) is 15.8. The van der Waals surface area contributed by atoms with Crippen molar-refractivity contribution in [3.63, 3.8) is 0 Å². The Bertz CT molecular complexity index is 952. The van der Waals surface area contributed by atoms with E-state index in [2.05, 4.69) is 10.0 Å². The second kappa shape index (κ2) is 8.84. The molecule has 1 fully saturated rings. The minimum Gasteiger partial charge on any atom is -0.322 e. The second-order valence-electron chi connectivity index (χ2n) is 7.22. The molecule has 150 valence electrons. The van der Waals surface area contributed by atoms with Gasteiger partial charge in [0.15, 0.2) is 0 Å². The van der Waals surface area contributed by atoms with E-state index in [-0.39, 0.29) is 11.6 Å². The van der Waals surface area contributed by atoms with Crippen molar-refractivity contribution in [2.24, 2.45) is 0 Å². The molecule has 2 aromatic carbocycles. The first kappa shape index (κ1) is 20.5. The third-order valence-electron chi connectivity index (χ3n) is 5.05. The maximum absolute atomic E-state index is 14.3. The molecule has 0 aliphatic heterocycles. The van der Waals surface area contributed by atoms with Crippen molar-refractivity contribution in [3.05, 3.63) is 59.4 Å². The van der Waals surface area contributed by atoms with E-state index in [4.69, 9.17) is 0 Å². The van der Waals surface area contributed by atoms with Crippen molar-refractivity contribution in [3.8, 4) is 0 Å². The van der Waals surface area contributed by atoms with E-state index in [1.165, 1.54) is 6.07 Å². The number of hydrogen-bond donors (Lipinski definition) is 2. The fraction of sp³-hybridized carbons (Fsp3) is 0.381. The summed E-state index contributed by atoms with van der Waals surface area (Å²) < 4.78 is 42.4. The maximum Gasteiger partial charge on any atom is 0.255 e. The molecule has 1 aliphatic rings. The Morgan fingerprint density at radius 2 is 1.71 bits per heavy atom. The highest BCUT2D eigenvalue weighted by Crippen LogP contribution is 2.22. The van der Waals surface area contributed by atoms with Crippen molar-refractivity contribution >= 4 is 21.6 Å². The van der Waals surface area contributed by atoms with E-state index in [9.17, 15) is 17.6 Å². The average Bonchev–Trinajstić information content (AvgIpc) is 2.92. The lowest BCUT2D eigenvalue weighted by Crippen LogP contribution is -2.35. The summed E-state index contributed by atoms with van der Waals surface area (Å²) in [5.41, 5.74) is 1.59. The molecule has 3 rings (SSSR count). The molecule has 0 heterocycles. The number of benzene rings is 2. The molecule has 1 amide bonds. The highest BCUT2D eigenvalue weighted by atomic mass is 32.2. The van der Waals surface area contributed by atoms with Crippen molar-refractivity contribution in [2.45, 2.75) is 56.4 Å². The Kier molecular flexibility index (Phi) is 6.46. The Balaban J connectivity index is 1.82. The third-order valence-corrected chi connectivity index (χ3v) is 6.59. The number of sulfonamides is 1. The predicted octanol–water partition coefficient (Wildman–Crippen LogP) is 4.39. The molecule has 0 unspecified atom stereocenters. The topological polar surface area (TPSA) is 75.3 Å². The zero-order chi connectivity index (χ0) is 20.1. The monoisotopic (exact) mass is 404 g/mol. The molecule has 2 N–H and O–H groups in total. The predicted molar refractivity (Wildman–Crippen MR) is 107 cm³/mol. The van der Waals surface area contributed by atoms with Crippen LogP contribution in [-0.2, 0) is 10.0 Å². The summed E-state index contributed by atoms with van der Waals surface area (Å²) in [6, 6.07) is 10.5. The summed E-state index contributed by atoms with van der Waals surface area (Å²) in [5, 5.41) is 2.74. The van der Waals surface area contributed by atoms with Crippen LogP contribution in [0, 0.1) is 12.7 Å². The Labute approximate surface area is 165 Å². The van der Waals surface area contributed by atoms with Gasteiger partial charge in [-0.05, 0) is 49.6 Å². The van der Waals surface area contributed by atoms with E-state index >= 15 is 0 Å². The van der Waals surface area contributed by atoms with Gasteiger partial charge in [-0.25, -0.2) is 17.5 Å². The number of hydrogen-bond acceptors (Lipinski definition) is 3. The van der Waals surface area contributed by atoms with Crippen LogP contribution in [0.5, 0.6) is 0 Å². The quantitative estimate of drug-likeness (QED) is 0.726. The number of aryl methyl sites for hydroxylation is 1. The van der Waals surface area contributed by atoms with Crippen LogP contribution in [0.25, 0.3) is 0 Å². The minimum atomic E-state index is -4.05. The first-order valence-corrected chi connectivity index (χ1v) is 11.0. The van der Waals surface area contributed by atoms with Gasteiger partial charge in [0.2, 0.25) is 10.0 Å². The molecule has 1 saturated carbocycles. The number of nitrogens with one attached hydrogen (secondary N) is 2. The molecule has 0 atom stereocenters. The summed E-state index contributed by atoms with van der Waals surface area (Å²) in [4.78, 5) is 12.1. The number of rotatable bonds is 5. The standard InChI is InChI=1S/C21H25FN2O3S/c1-15-8-6-7-11-19(15)23-21(25)16-12-13-18(22)20(14-16)28(26,27)24-17-9-4-2-3-5-10-17/h6-8,11-14,17,24H,2-5,9-10H2,1H3,(H,23,25). The lowest BCUT2D eigenvalue weighted by Gasteiger charge is -2.17. The molecule has 5 nitrogen and oxygen atoms in total. The second-order valence-corrected chi connectivity index (χ2v) is 8.91. The molecule has 2 aromatic rings. The van der Waals surface area contributed by atoms with Gasteiger partial charge < -0.3 is 5.32 Å². The Hall–Kier alpha value is -2.25. The molecule has 28 heavy (non-hydrogen) atoms. The van der Waals surface area contributed by atoms with Crippen LogP contribution < -0.4 is 10.0 Å². The molecular formula is C21H25FN2O3S. The van der Waals surface area contributed by atoms with Crippen LogP contribution in [0.3, 0.4) is 0 Å². The first-order valence-electron chi connectivity index (χ1n) is 9.56. The lowest BCUT2D eigenvalue weighted by molar-refractivity contribution is 0.102. The van der Waals surface area contributed by atoms with Crippen LogP contribution in [0.1, 0.15) is 54.4 Å². The summed E-state index contributed by atoms with van der Waals surface area (Å²) in [5.74, 6) is -1.35. The van der Waals surface area contributed by atoms with Crippen molar-refractivity contribution < 1.29 is 17.6 Å². The first-order chi connectivity index (χ1) is 13.4. The van der Waals surface area contributed by atoms with Crippen LogP contribution >= 0.6 is 0 Å². The Morgan fingerprint density at radius 3 is 2.39 bits per heavy atom. The van der Waals surface area contributed by atoms with E-state index in [1.807, 2.05) is 19.1 Å². The SMILES string of the molecule is Cc1ccccc1NC(=O)c1ccc(F)c(S(=O)(=O)NC2CCCCCC2)c1. The van der Waals surface area contributed by atoms with Gasteiger partial charge in [-0.15, -0.1) is 0 Å². The van der Waals surface area contributed by atoms with Crippen LogP contribution in [0.4, 0.5) is 10.1 Å². The molecule has 7 heteroatoms. The molecule has 0 bridgehead atoms. The fourth-order valence-electron chi connectivity index (χ4n) is 3.44. The summed E-state index contributed by atoms with van der Waals surface area (Å²) >= 11 is 0.